The molecule has 1 saturated heterocycles. The third-order valence-corrected chi connectivity index (χ3v) is 5.33. The molecule has 0 unspecified atom stereocenters. The Hall–Kier alpha value is -2.09. The van der Waals surface area contributed by atoms with Crippen molar-refractivity contribution in [1.82, 2.24) is 14.8 Å². The third kappa shape index (κ3) is 3.78. The lowest BCUT2D eigenvalue weighted by molar-refractivity contribution is -0.113. The van der Waals surface area contributed by atoms with E-state index in [1.165, 1.54) is 36.7 Å². The topological polar surface area (TPSA) is 63.1 Å². The highest BCUT2D eigenvalue weighted by Gasteiger charge is 2.32. The molecule has 1 aromatic carbocycles. The van der Waals surface area contributed by atoms with E-state index in [2.05, 4.69) is 25.0 Å². The van der Waals surface area contributed by atoms with Gasteiger partial charge >= 0.3 is 0 Å². The van der Waals surface area contributed by atoms with E-state index >= 15 is 0 Å². The van der Waals surface area contributed by atoms with Gasteiger partial charge < -0.3 is 10.2 Å². The number of nitrogens with zero attached hydrogens (tertiary/aromatic N) is 4. The van der Waals surface area contributed by atoms with Gasteiger partial charge in [0.1, 0.15) is 5.82 Å². The zero-order valence-corrected chi connectivity index (χ0v) is 14.6. The standard InChI is InChI=1S/C17H20FN5OS/c18-12-4-3-5-13(10-12)19-15(24)11-25-17-21-20-16(22-8-1-2-9-22)23(17)14-6-7-14/h3-5,10,14H,1-2,6-9,11H2,(H,19,24). The second-order valence-electron chi connectivity index (χ2n) is 6.43. The van der Waals surface area contributed by atoms with Crippen LogP contribution in [0.15, 0.2) is 29.4 Å². The van der Waals surface area contributed by atoms with Crippen molar-refractivity contribution >= 4 is 29.3 Å². The second-order valence-corrected chi connectivity index (χ2v) is 7.37. The summed E-state index contributed by atoms with van der Waals surface area (Å²) in [4.78, 5) is 14.4. The van der Waals surface area contributed by atoms with Gasteiger partial charge in [-0.25, -0.2) is 4.39 Å². The van der Waals surface area contributed by atoms with Gasteiger partial charge in [-0.2, -0.15) is 0 Å². The van der Waals surface area contributed by atoms with Crippen LogP contribution >= 0.6 is 11.8 Å². The van der Waals surface area contributed by atoms with Gasteiger partial charge in [-0.1, -0.05) is 17.8 Å². The molecule has 2 aliphatic rings. The molecule has 132 valence electrons. The van der Waals surface area contributed by atoms with Gasteiger partial charge in [-0.05, 0) is 43.9 Å². The average molecular weight is 361 g/mol. The van der Waals surface area contributed by atoms with E-state index in [0.29, 0.717) is 11.7 Å². The molecule has 0 spiro atoms. The highest BCUT2D eigenvalue weighted by atomic mass is 32.2. The monoisotopic (exact) mass is 361 g/mol. The zero-order chi connectivity index (χ0) is 17.2. The van der Waals surface area contributed by atoms with Crippen LogP contribution in [0.2, 0.25) is 0 Å². The molecule has 1 aromatic heterocycles. The molecule has 0 bridgehead atoms. The largest absolute Gasteiger partial charge is 0.341 e. The summed E-state index contributed by atoms with van der Waals surface area (Å²) in [5.74, 6) is 0.618. The van der Waals surface area contributed by atoms with Crippen molar-refractivity contribution < 1.29 is 9.18 Å². The van der Waals surface area contributed by atoms with Crippen LogP contribution in [0.1, 0.15) is 31.7 Å². The van der Waals surface area contributed by atoms with E-state index in [1.807, 2.05) is 0 Å². The normalized spacial score (nSPS) is 17.1. The van der Waals surface area contributed by atoms with Crippen LogP contribution in [-0.2, 0) is 4.79 Å². The molecule has 0 atom stereocenters. The Kier molecular flexibility index (Phi) is 4.61. The Morgan fingerprint density at radius 3 is 2.80 bits per heavy atom. The number of aromatic nitrogens is 3. The summed E-state index contributed by atoms with van der Waals surface area (Å²) >= 11 is 1.38. The van der Waals surface area contributed by atoms with Crippen LogP contribution in [0.5, 0.6) is 0 Å². The predicted molar refractivity (Wildman–Crippen MR) is 95.5 cm³/mol. The van der Waals surface area contributed by atoms with Crippen molar-refractivity contribution in [2.24, 2.45) is 0 Å². The number of hydrogen-bond acceptors (Lipinski definition) is 5. The fraction of sp³-hybridized carbons (Fsp3) is 0.471. The van der Waals surface area contributed by atoms with Gasteiger partial charge in [0, 0.05) is 24.8 Å². The lowest BCUT2D eigenvalue weighted by Gasteiger charge is -2.17. The van der Waals surface area contributed by atoms with Crippen molar-refractivity contribution in [2.75, 3.05) is 29.1 Å². The molecule has 6 nitrogen and oxygen atoms in total. The molecular weight excluding hydrogens is 341 g/mol. The number of amides is 1. The molecule has 25 heavy (non-hydrogen) atoms. The summed E-state index contributed by atoms with van der Waals surface area (Å²) in [5, 5.41) is 12.2. The molecule has 1 amide bonds. The number of anilines is 2. The van der Waals surface area contributed by atoms with Gasteiger partial charge in [0.2, 0.25) is 11.9 Å². The molecule has 8 heteroatoms. The van der Waals surface area contributed by atoms with Crippen LogP contribution in [0, 0.1) is 5.82 Å². The Balaban J connectivity index is 1.41. The Morgan fingerprint density at radius 2 is 2.08 bits per heavy atom. The number of thioether (sulfide) groups is 1. The van der Waals surface area contributed by atoms with Crippen LogP contribution < -0.4 is 10.2 Å². The Bertz CT molecular complexity index is 770. The first-order valence-electron chi connectivity index (χ1n) is 8.59. The quantitative estimate of drug-likeness (QED) is 0.801. The zero-order valence-electron chi connectivity index (χ0n) is 13.8. The first kappa shape index (κ1) is 16.4. The van der Waals surface area contributed by atoms with Crippen LogP contribution in [0.25, 0.3) is 0 Å². The highest BCUT2D eigenvalue weighted by molar-refractivity contribution is 7.99. The number of nitrogens with one attached hydrogen (secondary N) is 1. The van der Waals surface area contributed by atoms with Crippen LogP contribution in [0.4, 0.5) is 16.0 Å². The molecule has 1 N–H and O–H groups in total. The molecule has 4 rings (SSSR count). The predicted octanol–water partition coefficient (Wildman–Crippen LogP) is 3.08. The molecule has 1 aliphatic carbocycles. The van der Waals surface area contributed by atoms with Crippen molar-refractivity contribution in [1.29, 1.82) is 0 Å². The van der Waals surface area contributed by atoms with Crippen molar-refractivity contribution in [3.63, 3.8) is 0 Å². The molecule has 2 aromatic rings. The van der Waals surface area contributed by atoms with Crippen molar-refractivity contribution in [3.8, 4) is 0 Å². The number of benzene rings is 1. The number of carbonyl (C=O) groups is 1. The van der Waals surface area contributed by atoms with E-state index in [9.17, 15) is 9.18 Å². The smallest absolute Gasteiger partial charge is 0.234 e. The first-order chi connectivity index (χ1) is 12.2. The summed E-state index contributed by atoms with van der Waals surface area (Å²) in [6.07, 6.45) is 4.66. The first-order valence-corrected chi connectivity index (χ1v) is 9.57. The van der Waals surface area contributed by atoms with Crippen molar-refractivity contribution in [3.05, 3.63) is 30.1 Å². The molecule has 1 aliphatic heterocycles. The minimum Gasteiger partial charge on any atom is -0.341 e. The maximum atomic E-state index is 13.2. The fourth-order valence-corrected chi connectivity index (χ4v) is 3.85. The summed E-state index contributed by atoms with van der Waals surface area (Å²) in [6.45, 7) is 2.05. The lowest BCUT2D eigenvalue weighted by Crippen LogP contribution is -2.22. The maximum Gasteiger partial charge on any atom is 0.234 e. The second kappa shape index (κ2) is 7.03. The number of carbonyl (C=O) groups excluding carboxylic acids is 1. The lowest BCUT2D eigenvalue weighted by atomic mass is 10.3. The number of hydrogen-bond donors (Lipinski definition) is 1. The van der Waals surface area contributed by atoms with Gasteiger partial charge in [-0.15, -0.1) is 10.2 Å². The van der Waals surface area contributed by atoms with Gasteiger partial charge in [-0.3, -0.25) is 9.36 Å². The Labute approximate surface area is 149 Å². The summed E-state index contributed by atoms with van der Waals surface area (Å²) in [7, 11) is 0. The highest BCUT2D eigenvalue weighted by Crippen LogP contribution is 2.41. The van der Waals surface area contributed by atoms with E-state index in [4.69, 9.17) is 0 Å². The van der Waals surface area contributed by atoms with Gasteiger partial charge in [0.25, 0.3) is 0 Å². The van der Waals surface area contributed by atoms with Gasteiger partial charge in [0.05, 0.1) is 5.75 Å². The van der Waals surface area contributed by atoms with E-state index in [0.717, 1.165) is 37.0 Å². The van der Waals surface area contributed by atoms with E-state index in [1.54, 1.807) is 12.1 Å². The molecular formula is C17H20FN5OS. The number of rotatable bonds is 6. The molecule has 1 saturated carbocycles. The minimum atomic E-state index is -0.366. The molecule has 0 radical (unpaired) electrons. The minimum absolute atomic E-state index is 0.177. The summed E-state index contributed by atoms with van der Waals surface area (Å²) in [6, 6.07) is 6.36. The van der Waals surface area contributed by atoms with Crippen LogP contribution in [-0.4, -0.2) is 39.5 Å². The summed E-state index contributed by atoms with van der Waals surface area (Å²) in [5.41, 5.74) is 0.465. The van der Waals surface area contributed by atoms with E-state index < -0.39 is 0 Å². The third-order valence-electron chi connectivity index (χ3n) is 4.39. The van der Waals surface area contributed by atoms with Crippen LogP contribution in [0.3, 0.4) is 0 Å². The number of halogens is 1. The Morgan fingerprint density at radius 1 is 1.28 bits per heavy atom. The van der Waals surface area contributed by atoms with Gasteiger partial charge in [0.15, 0.2) is 5.16 Å². The maximum absolute atomic E-state index is 13.2. The summed E-state index contributed by atoms with van der Waals surface area (Å²) < 4.78 is 15.4. The SMILES string of the molecule is O=C(CSc1nnc(N2CCCC2)n1C1CC1)Nc1cccc(F)c1. The van der Waals surface area contributed by atoms with Crippen molar-refractivity contribution in [2.45, 2.75) is 36.9 Å². The van der Waals surface area contributed by atoms with E-state index in [-0.39, 0.29) is 17.5 Å². The molecule has 2 fully saturated rings. The fourth-order valence-electron chi connectivity index (χ4n) is 3.05. The molecule has 2 heterocycles. The average Bonchev–Trinajstić information content (AvgIpc) is 3.11.